The van der Waals surface area contributed by atoms with Gasteiger partial charge in [0.05, 0.1) is 12.0 Å². The van der Waals surface area contributed by atoms with Crippen molar-refractivity contribution in [1.82, 2.24) is 5.43 Å². The zero-order valence-corrected chi connectivity index (χ0v) is 17.7. The molecular weight excluding hydrogens is 427 g/mol. The largest absolute Gasteiger partial charge is 0.489 e. The van der Waals surface area contributed by atoms with Gasteiger partial charge >= 0.3 is 0 Å². The van der Waals surface area contributed by atoms with Crippen LogP contribution < -0.4 is 10.2 Å². The highest BCUT2D eigenvalue weighted by molar-refractivity contribution is 8.00. The fraction of sp³-hybridized carbons (Fsp3) is 0.0909. The summed E-state index contributed by atoms with van der Waals surface area (Å²) >= 11 is 13.2. The number of hydrogen-bond donors (Lipinski definition) is 1. The molecule has 1 N–H and O–H groups in total. The number of thioether (sulfide) groups is 1. The zero-order valence-electron chi connectivity index (χ0n) is 15.3. The lowest BCUT2D eigenvalue weighted by molar-refractivity contribution is -0.118. The number of nitrogens with one attached hydrogen (secondary N) is 1. The summed E-state index contributed by atoms with van der Waals surface area (Å²) in [6.07, 6.45) is 1.59. The van der Waals surface area contributed by atoms with Gasteiger partial charge in [0.25, 0.3) is 0 Å². The van der Waals surface area contributed by atoms with Gasteiger partial charge in [-0.05, 0) is 71.8 Å². The number of nitrogens with zero attached hydrogens (tertiary/aromatic N) is 1. The van der Waals surface area contributed by atoms with Crippen molar-refractivity contribution in [2.75, 3.05) is 5.75 Å². The van der Waals surface area contributed by atoms with Gasteiger partial charge in [-0.25, -0.2) is 5.43 Å². The van der Waals surface area contributed by atoms with Crippen LogP contribution >= 0.6 is 35.0 Å². The average molecular weight is 445 g/mol. The van der Waals surface area contributed by atoms with E-state index in [2.05, 4.69) is 10.5 Å². The molecule has 3 rings (SSSR count). The summed E-state index contributed by atoms with van der Waals surface area (Å²) in [7, 11) is 0. The molecule has 3 aromatic rings. The molecule has 0 aliphatic carbocycles. The Kier molecular flexibility index (Phi) is 7.99. The Balaban J connectivity index is 1.42. The molecule has 0 saturated carbocycles. The number of carbonyl (C=O) groups excluding carboxylic acids is 1. The standard InChI is InChI=1S/C22H18Cl2N2O2S/c23-18-6-10-21(11-7-18)29-15-22(27)26-25-13-16-4-8-20(9-5-16)28-14-17-2-1-3-19(24)12-17/h1-13H,14-15H2,(H,26,27)/b25-13-. The van der Waals surface area contributed by atoms with Gasteiger partial charge < -0.3 is 4.74 Å². The zero-order chi connectivity index (χ0) is 20.5. The molecule has 0 aromatic heterocycles. The van der Waals surface area contributed by atoms with E-state index < -0.39 is 0 Å². The lowest BCUT2D eigenvalue weighted by Gasteiger charge is -2.06. The van der Waals surface area contributed by atoms with E-state index in [1.165, 1.54) is 11.8 Å². The normalized spacial score (nSPS) is 10.8. The van der Waals surface area contributed by atoms with Gasteiger partial charge in [0.15, 0.2) is 0 Å². The summed E-state index contributed by atoms with van der Waals surface area (Å²) in [5, 5.41) is 5.34. The van der Waals surface area contributed by atoms with E-state index in [0.29, 0.717) is 16.7 Å². The highest BCUT2D eigenvalue weighted by Crippen LogP contribution is 2.20. The van der Waals surface area contributed by atoms with Crippen molar-refractivity contribution in [1.29, 1.82) is 0 Å². The molecule has 148 valence electrons. The van der Waals surface area contributed by atoms with E-state index in [4.69, 9.17) is 27.9 Å². The Morgan fingerprint density at radius 3 is 2.48 bits per heavy atom. The molecule has 0 aliphatic rings. The van der Waals surface area contributed by atoms with Crippen LogP contribution in [0.1, 0.15) is 11.1 Å². The summed E-state index contributed by atoms with van der Waals surface area (Å²) in [6.45, 7) is 0.440. The summed E-state index contributed by atoms with van der Waals surface area (Å²) in [5.74, 6) is 0.836. The molecule has 0 unspecified atom stereocenters. The Labute approximate surface area is 183 Å². The highest BCUT2D eigenvalue weighted by Gasteiger charge is 2.02. The topological polar surface area (TPSA) is 50.7 Å². The van der Waals surface area contributed by atoms with Gasteiger partial charge in [-0.15, -0.1) is 11.8 Å². The Hall–Kier alpha value is -2.47. The van der Waals surface area contributed by atoms with Crippen LogP contribution in [0.15, 0.2) is 82.8 Å². The SMILES string of the molecule is O=C(CSc1ccc(Cl)cc1)N/N=C\c1ccc(OCc2cccc(Cl)c2)cc1. The van der Waals surface area contributed by atoms with Gasteiger partial charge in [-0.1, -0.05) is 35.3 Å². The number of ether oxygens (including phenoxy) is 1. The van der Waals surface area contributed by atoms with Crippen molar-refractivity contribution in [3.8, 4) is 5.75 Å². The second kappa shape index (κ2) is 10.9. The molecule has 0 radical (unpaired) electrons. The molecular formula is C22H18Cl2N2O2S. The first-order valence-electron chi connectivity index (χ1n) is 8.76. The molecule has 0 fully saturated rings. The van der Waals surface area contributed by atoms with E-state index in [9.17, 15) is 4.79 Å². The smallest absolute Gasteiger partial charge is 0.250 e. The van der Waals surface area contributed by atoms with Crippen LogP contribution in [-0.4, -0.2) is 17.9 Å². The fourth-order valence-electron chi connectivity index (χ4n) is 2.33. The maximum Gasteiger partial charge on any atom is 0.250 e. The summed E-state index contributed by atoms with van der Waals surface area (Å²) < 4.78 is 5.74. The minimum absolute atomic E-state index is 0.178. The number of benzene rings is 3. The van der Waals surface area contributed by atoms with E-state index in [1.54, 1.807) is 18.3 Å². The monoisotopic (exact) mass is 444 g/mol. The van der Waals surface area contributed by atoms with Crippen molar-refractivity contribution < 1.29 is 9.53 Å². The Bertz CT molecular complexity index is 977. The quantitative estimate of drug-likeness (QED) is 0.270. The predicted molar refractivity (Wildman–Crippen MR) is 120 cm³/mol. The van der Waals surface area contributed by atoms with Crippen LogP contribution in [0.4, 0.5) is 0 Å². The minimum Gasteiger partial charge on any atom is -0.489 e. The lowest BCUT2D eigenvalue weighted by atomic mass is 10.2. The van der Waals surface area contributed by atoms with Crippen LogP contribution in [0.3, 0.4) is 0 Å². The van der Waals surface area contributed by atoms with Crippen molar-refractivity contribution in [2.45, 2.75) is 11.5 Å². The second-order valence-electron chi connectivity index (χ2n) is 6.02. The lowest BCUT2D eigenvalue weighted by Crippen LogP contribution is -2.19. The third kappa shape index (κ3) is 7.46. The van der Waals surface area contributed by atoms with Gasteiger partial charge in [0.2, 0.25) is 5.91 Å². The molecule has 4 nitrogen and oxygen atoms in total. The summed E-state index contributed by atoms with van der Waals surface area (Å²) in [4.78, 5) is 12.8. The molecule has 7 heteroatoms. The predicted octanol–water partition coefficient (Wildman–Crippen LogP) is 5.81. The second-order valence-corrected chi connectivity index (χ2v) is 7.95. The Morgan fingerprint density at radius 1 is 1.00 bits per heavy atom. The molecule has 0 spiro atoms. The molecule has 0 heterocycles. The number of hydrogen-bond acceptors (Lipinski definition) is 4. The maximum absolute atomic E-state index is 11.9. The van der Waals surface area contributed by atoms with Gasteiger partial charge in [0.1, 0.15) is 12.4 Å². The molecule has 1 amide bonds. The number of hydrazone groups is 1. The molecule has 0 aliphatic heterocycles. The van der Waals surface area contributed by atoms with Crippen molar-refractivity contribution >= 4 is 47.1 Å². The van der Waals surface area contributed by atoms with Crippen LogP contribution in [0.5, 0.6) is 5.75 Å². The number of rotatable bonds is 8. The van der Waals surface area contributed by atoms with E-state index >= 15 is 0 Å². The van der Waals surface area contributed by atoms with Crippen LogP contribution in [0, 0.1) is 0 Å². The summed E-state index contributed by atoms with van der Waals surface area (Å²) in [5.41, 5.74) is 4.37. The van der Waals surface area contributed by atoms with Crippen molar-refractivity contribution in [3.63, 3.8) is 0 Å². The van der Waals surface area contributed by atoms with Crippen molar-refractivity contribution in [3.05, 3.63) is 94.0 Å². The third-order valence-electron chi connectivity index (χ3n) is 3.76. The number of halogens is 2. The maximum atomic E-state index is 11.9. The average Bonchev–Trinajstić information content (AvgIpc) is 2.73. The molecule has 0 saturated heterocycles. The first-order valence-corrected chi connectivity index (χ1v) is 10.5. The van der Waals surface area contributed by atoms with Crippen LogP contribution in [0.2, 0.25) is 10.0 Å². The minimum atomic E-state index is -0.178. The first-order chi connectivity index (χ1) is 14.1. The van der Waals surface area contributed by atoms with E-state index in [1.807, 2.05) is 60.7 Å². The first kappa shape index (κ1) is 21.2. The number of amides is 1. The summed E-state index contributed by atoms with van der Waals surface area (Å²) in [6, 6.07) is 22.3. The van der Waals surface area contributed by atoms with Gasteiger partial charge in [0, 0.05) is 14.9 Å². The van der Waals surface area contributed by atoms with Crippen molar-refractivity contribution in [2.24, 2.45) is 5.10 Å². The molecule has 3 aromatic carbocycles. The van der Waals surface area contributed by atoms with Crippen LogP contribution in [0.25, 0.3) is 0 Å². The number of carbonyl (C=O) groups is 1. The third-order valence-corrected chi connectivity index (χ3v) is 5.26. The van der Waals surface area contributed by atoms with E-state index in [-0.39, 0.29) is 11.7 Å². The Morgan fingerprint density at radius 2 is 1.76 bits per heavy atom. The van der Waals surface area contributed by atoms with E-state index in [0.717, 1.165) is 21.8 Å². The van der Waals surface area contributed by atoms with Gasteiger partial charge in [-0.2, -0.15) is 5.10 Å². The molecule has 29 heavy (non-hydrogen) atoms. The van der Waals surface area contributed by atoms with Gasteiger partial charge in [-0.3, -0.25) is 4.79 Å². The van der Waals surface area contributed by atoms with Crippen LogP contribution in [-0.2, 0) is 11.4 Å². The fourth-order valence-corrected chi connectivity index (χ4v) is 3.36. The highest BCUT2D eigenvalue weighted by atomic mass is 35.5. The molecule has 0 atom stereocenters. The molecule has 0 bridgehead atoms.